The average Bonchev–Trinajstić information content (AvgIpc) is 2.54. The molecule has 0 bridgehead atoms. The van der Waals surface area contributed by atoms with Gasteiger partial charge in [-0.25, -0.2) is 0 Å². The number of terminal acetylenes is 1. The van der Waals surface area contributed by atoms with Gasteiger partial charge in [0.2, 0.25) is 0 Å². The van der Waals surface area contributed by atoms with Crippen LogP contribution in [0.2, 0.25) is 0 Å². The molecule has 112 valence electrons. The number of hydrogen-bond donors (Lipinski definition) is 0. The van der Waals surface area contributed by atoms with Gasteiger partial charge in [0.1, 0.15) is 0 Å². The third-order valence-corrected chi connectivity index (χ3v) is 4.62. The molecule has 0 unspecified atom stereocenters. The van der Waals surface area contributed by atoms with E-state index in [-0.39, 0.29) is 5.41 Å². The Bertz CT molecular complexity index is 618. The lowest BCUT2D eigenvalue weighted by Gasteiger charge is -2.51. The lowest BCUT2D eigenvalue weighted by Crippen LogP contribution is -2.60. The lowest BCUT2D eigenvalue weighted by molar-refractivity contribution is 0.0639. The fourth-order valence-electron chi connectivity index (χ4n) is 3.55. The molecular weight excluding hydrogens is 266 g/mol. The Kier molecular flexibility index (Phi) is 4.61. The molecule has 1 heteroatoms. The first kappa shape index (κ1) is 14.9. The van der Waals surface area contributed by atoms with Crippen molar-refractivity contribution < 1.29 is 0 Å². The van der Waals surface area contributed by atoms with Crippen LogP contribution in [0.1, 0.15) is 24.0 Å². The third-order valence-electron chi connectivity index (χ3n) is 4.62. The molecule has 2 aromatic carbocycles. The van der Waals surface area contributed by atoms with E-state index in [9.17, 15) is 0 Å². The molecule has 0 saturated carbocycles. The second-order valence-corrected chi connectivity index (χ2v) is 6.33. The predicted molar refractivity (Wildman–Crippen MR) is 92.8 cm³/mol. The van der Waals surface area contributed by atoms with E-state index in [1.165, 1.54) is 11.1 Å². The van der Waals surface area contributed by atoms with Crippen molar-refractivity contribution in [3.05, 3.63) is 71.8 Å². The van der Waals surface area contributed by atoms with Crippen LogP contribution in [0.15, 0.2) is 60.7 Å². The van der Waals surface area contributed by atoms with Crippen molar-refractivity contribution in [3.63, 3.8) is 0 Å². The number of hydrogen-bond acceptors (Lipinski definition) is 1. The molecule has 1 saturated heterocycles. The van der Waals surface area contributed by atoms with Crippen LogP contribution in [0.5, 0.6) is 0 Å². The number of likely N-dealkylation sites (tertiary alicyclic amines) is 1. The summed E-state index contributed by atoms with van der Waals surface area (Å²) in [4.78, 5) is 2.54. The van der Waals surface area contributed by atoms with Gasteiger partial charge in [-0.1, -0.05) is 60.7 Å². The predicted octanol–water partition coefficient (Wildman–Crippen LogP) is 3.90. The maximum absolute atomic E-state index is 5.35. The van der Waals surface area contributed by atoms with Crippen LogP contribution in [0.4, 0.5) is 0 Å². The Morgan fingerprint density at radius 3 is 2.23 bits per heavy atom. The number of benzene rings is 2. The molecule has 1 heterocycles. The highest BCUT2D eigenvalue weighted by Crippen LogP contribution is 2.37. The van der Waals surface area contributed by atoms with Gasteiger partial charge in [-0.05, 0) is 30.5 Å². The van der Waals surface area contributed by atoms with Crippen molar-refractivity contribution >= 4 is 0 Å². The van der Waals surface area contributed by atoms with E-state index >= 15 is 0 Å². The van der Waals surface area contributed by atoms with Gasteiger partial charge in [0.15, 0.2) is 0 Å². The number of nitrogens with zero attached hydrogens (tertiary/aromatic N) is 1. The Hall–Kier alpha value is -2.04. The summed E-state index contributed by atoms with van der Waals surface area (Å²) in [6, 6.07) is 21.8. The summed E-state index contributed by atoms with van der Waals surface area (Å²) in [6.07, 6.45) is 8.45. The summed E-state index contributed by atoms with van der Waals surface area (Å²) < 4.78 is 0. The monoisotopic (exact) mass is 289 g/mol. The zero-order valence-electron chi connectivity index (χ0n) is 13.0. The first-order valence-corrected chi connectivity index (χ1v) is 8.08. The van der Waals surface area contributed by atoms with Gasteiger partial charge in [-0.2, -0.15) is 0 Å². The average molecular weight is 289 g/mol. The minimum atomic E-state index is 0.263. The van der Waals surface area contributed by atoms with E-state index in [1.54, 1.807) is 0 Å². The van der Waals surface area contributed by atoms with Crippen LogP contribution < -0.4 is 0 Å². The van der Waals surface area contributed by atoms with Crippen LogP contribution in [0.3, 0.4) is 0 Å². The molecule has 0 aliphatic carbocycles. The number of rotatable bonds is 6. The molecule has 1 aliphatic heterocycles. The van der Waals surface area contributed by atoms with Crippen LogP contribution in [0.25, 0.3) is 0 Å². The molecule has 0 atom stereocenters. The maximum Gasteiger partial charge on any atom is 0.0248 e. The molecule has 22 heavy (non-hydrogen) atoms. The summed E-state index contributed by atoms with van der Waals surface area (Å²) >= 11 is 0. The summed E-state index contributed by atoms with van der Waals surface area (Å²) in [7, 11) is 0. The molecule has 1 nitrogen and oxygen atoms in total. The zero-order valence-corrected chi connectivity index (χ0v) is 13.0. The van der Waals surface area contributed by atoms with Crippen molar-refractivity contribution in [1.29, 1.82) is 0 Å². The minimum absolute atomic E-state index is 0.263. The smallest absolute Gasteiger partial charge is 0.0248 e. The van der Waals surface area contributed by atoms with Crippen molar-refractivity contribution in [3.8, 4) is 12.3 Å². The maximum atomic E-state index is 5.35. The largest absolute Gasteiger partial charge is 0.301 e. The molecule has 0 spiro atoms. The standard InChI is InChI=1S/C21H23N/c1-2-3-10-15-22-17-21(18-22,20-13-8-5-9-14-20)16-19-11-6-4-7-12-19/h1,4-9,11-14H,3,10,15-18H2. The fraction of sp³-hybridized carbons (Fsp3) is 0.333. The van der Waals surface area contributed by atoms with E-state index < -0.39 is 0 Å². The van der Waals surface area contributed by atoms with E-state index in [0.717, 1.165) is 38.9 Å². The minimum Gasteiger partial charge on any atom is -0.301 e. The van der Waals surface area contributed by atoms with Crippen molar-refractivity contribution in [1.82, 2.24) is 4.90 Å². The van der Waals surface area contributed by atoms with Gasteiger partial charge in [-0.15, -0.1) is 12.3 Å². The van der Waals surface area contributed by atoms with Gasteiger partial charge in [0.25, 0.3) is 0 Å². The molecule has 2 aromatic rings. The van der Waals surface area contributed by atoms with Gasteiger partial charge >= 0.3 is 0 Å². The Balaban J connectivity index is 1.73. The third kappa shape index (κ3) is 3.24. The quantitative estimate of drug-likeness (QED) is 0.576. The molecule has 0 aromatic heterocycles. The van der Waals surface area contributed by atoms with Crippen LogP contribution in [-0.4, -0.2) is 24.5 Å². The van der Waals surface area contributed by atoms with Crippen LogP contribution in [0, 0.1) is 12.3 Å². The topological polar surface area (TPSA) is 3.24 Å². The van der Waals surface area contributed by atoms with Crippen molar-refractivity contribution in [2.75, 3.05) is 19.6 Å². The van der Waals surface area contributed by atoms with Gasteiger partial charge in [-0.3, -0.25) is 0 Å². The van der Waals surface area contributed by atoms with Crippen LogP contribution >= 0.6 is 0 Å². The van der Waals surface area contributed by atoms with Gasteiger partial charge in [0.05, 0.1) is 0 Å². The molecule has 1 aliphatic rings. The SMILES string of the molecule is C#CCCCN1CC(Cc2ccccc2)(c2ccccc2)C1. The van der Waals surface area contributed by atoms with Gasteiger partial charge < -0.3 is 4.90 Å². The normalized spacial score (nSPS) is 16.7. The summed E-state index contributed by atoms with van der Waals surface area (Å²) in [5.41, 5.74) is 3.15. The summed E-state index contributed by atoms with van der Waals surface area (Å²) in [5, 5.41) is 0. The second kappa shape index (κ2) is 6.81. The van der Waals surface area contributed by atoms with Gasteiger partial charge in [0, 0.05) is 24.9 Å². The zero-order chi connectivity index (χ0) is 15.3. The first-order chi connectivity index (χ1) is 10.8. The second-order valence-electron chi connectivity index (χ2n) is 6.33. The number of unbranched alkanes of at least 4 members (excludes halogenated alkanes) is 1. The molecular formula is C21H23N. The van der Waals surface area contributed by atoms with E-state index in [1.807, 2.05) is 0 Å². The Labute approximate surface area is 134 Å². The van der Waals surface area contributed by atoms with E-state index in [2.05, 4.69) is 71.5 Å². The van der Waals surface area contributed by atoms with Crippen LogP contribution in [-0.2, 0) is 11.8 Å². The van der Waals surface area contributed by atoms with Crippen molar-refractivity contribution in [2.24, 2.45) is 0 Å². The summed E-state index contributed by atoms with van der Waals surface area (Å²) in [5.74, 6) is 2.74. The Morgan fingerprint density at radius 1 is 0.955 bits per heavy atom. The molecule has 1 fully saturated rings. The van der Waals surface area contributed by atoms with E-state index in [4.69, 9.17) is 6.42 Å². The first-order valence-electron chi connectivity index (χ1n) is 8.08. The highest BCUT2D eigenvalue weighted by molar-refractivity contribution is 5.33. The highest BCUT2D eigenvalue weighted by atomic mass is 15.2. The molecule has 0 radical (unpaired) electrons. The molecule has 3 rings (SSSR count). The Morgan fingerprint density at radius 2 is 1.59 bits per heavy atom. The lowest BCUT2D eigenvalue weighted by atomic mass is 9.69. The van der Waals surface area contributed by atoms with Crippen molar-refractivity contribution in [2.45, 2.75) is 24.7 Å². The molecule has 0 amide bonds. The van der Waals surface area contributed by atoms with E-state index in [0.29, 0.717) is 0 Å². The summed E-state index contributed by atoms with van der Waals surface area (Å²) in [6.45, 7) is 3.39. The fourth-order valence-corrected chi connectivity index (χ4v) is 3.55. The highest BCUT2D eigenvalue weighted by Gasteiger charge is 2.43. The molecule has 0 N–H and O–H groups in total.